The van der Waals surface area contributed by atoms with E-state index < -0.39 is 0 Å². The highest BCUT2D eigenvalue weighted by Crippen LogP contribution is 2.42. The van der Waals surface area contributed by atoms with E-state index in [1.54, 1.807) is 110 Å². The van der Waals surface area contributed by atoms with Crippen LogP contribution < -0.4 is 0 Å². The van der Waals surface area contributed by atoms with E-state index in [0.29, 0.717) is 50.8 Å². The molecule has 604 valence electrons. The lowest BCUT2D eigenvalue weighted by Crippen LogP contribution is -1.87. The molecule has 0 radical (unpaired) electrons. The van der Waals surface area contributed by atoms with Gasteiger partial charge in [-0.1, -0.05) is 6.07 Å². The second-order valence-electron chi connectivity index (χ2n) is 29.4. The molecule has 0 spiro atoms. The van der Waals surface area contributed by atoms with Gasteiger partial charge in [0.1, 0.15) is 44.8 Å². The number of imidazole rings is 4. The summed E-state index contributed by atoms with van der Waals surface area (Å²) in [4.78, 5) is 103. The van der Waals surface area contributed by atoms with Crippen LogP contribution in [0.3, 0.4) is 0 Å². The number of hydrogen-bond donors (Lipinski definition) is 8. The molecule has 0 bridgehead atoms. The van der Waals surface area contributed by atoms with Gasteiger partial charge in [0.2, 0.25) is 0 Å². The lowest BCUT2D eigenvalue weighted by Gasteiger charge is -2.04. The summed E-state index contributed by atoms with van der Waals surface area (Å²) in [6.07, 6.45) is 36.0. The number of aromatic nitrogens is 28. The molecule has 8 N–H and O–H groups in total. The van der Waals surface area contributed by atoms with Crippen LogP contribution in [0.4, 0.5) is 4.39 Å². The second kappa shape index (κ2) is 31.8. The number of nitrogens with zero attached hydrogens (tertiary/aromatic N) is 20. The van der Waals surface area contributed by atoms with Crippen LogP contribution in [0.15, 0.2) is 226 Å². The van der Waals surface area contributed by atoms with Crippen LogP contribution in [0.25, 0.3) is 221 Å². The Labute approximate surface area is 721 Å². The number of aryl methyl sites for hydroxylation is 5. The highest BCUT2D eigenvalue weighted by molar-refractivity contribution is 7.17. The molecule has 0 aromatic carbocycles. The van der Waals surface area contributed by atoms with Gasteiger partial charge in [0.05, 0.1) is 73.3 Å². The monoisotopic (exact) mass is 1710 g/mol. The van der Waals surface area contributed by atoms with E-state index in [0.717, 1.165) is 208 Å². The number of Topliss-reactive ketones (excluding diaryl/α,β-unsaturated/α-hetero) is 1. The molecule has 0 aliphatic heterocycles. The molecule has 24 aromatic rings. The Morgan fingerprint density at radius 1 is 0.328 bits per heavy atom. The van der Waals surface area contributed by atoms with Crippen molar-refractivity contribution in [3.63, 3.8) is 0 Å². The SMILES string of the molecule is CC(=O)c1ccc(-c2cncc3[nH]c(-c4[nH]nc5ncc(-c6cnccc6C)cc45)nc23)s1.Cc1ccc(-c2cncc3[nH]c(-c4[nH]nc5ncc(-c6cnccc6C)cc45)nc23)s1.Cc1ccncc1-c1cnc2n[nH]c(-c3nc4c(-c5ccc(F)s5)cncc4[nH]3)c2c1.Cc1ccncc1-c1cnc2n[nH]c(-c3nc4c(-c5cccs5)cncc4[nH]3)c2c1. The molecule has 24 aromatic heterocycles. The second-order valence-corrected chi connectivity index (χ2v) is 33.8. The maximum absolute atomic E-state index is 13.6. The van der Waals surface area contributed by atoms with Crippen LogP contribution in [-0.4, -0.2) is 146 Å². The van der Waals surface area contributed by atoms with Gasteiger partial charge in [-0.25, -0.2) is 39.9 Å². The number of pyridine rings is 12. The molecule has 0 unspecified atom stereocenters. The molecular formula is C91H63FN28OS4. The lowest BCUT2D eigenvalue weighted by atomic mass is 10.0. The number of ketones is 1. The first-order valence-electron chi connectivity index (χ1n) is 39.0. The van der Waals surface area contributed by atoms with Crippen LogP contribution in [0, 0.1) is 39.7 Å². The van der Waals surface area contributed by atoms with E-state index >= 15 is 0 Å². The van der Waals surface area contributed by atoms with Gasteiger partial charge in [0.15, 0.2) is 56.8 Å². The molecule has 0 saturated heterocycles. The van der Waals surface area contributed by atoms with Crippen LogP contribution in [0.5, 0.6) is 0 Å². The third-order valence-electron chi connectivity index (χ3n) is 21.4. The predicted molar refractivity (Wildman–Crippen MR) is 487 cm³/mol. The number of fused-ring (bicyclic) bond motifs is 8. The smallest absolute Gasteiger partial charge is 0.181 e. The summed E-state index contributed by atoms with van der Waals surface area (Å²) in [5.41, 5.74) is 28.4. The number of carbonyl (C=O) groups excluding carboxylic acids is 1. The van der Waals surface area contributed by atoms with Gasteiger partial charge in [-0.15, -0.1) is 45.3 Å². The minimum atomic E-state index is -0.244. The predicted octanol–water partition coefficient (Wildman–Crippen LogP) is 20.6. The summed E-state index contributed by atoms with van der Waals surface area (Å²) in [5.74, 6) is 2.73. The fraction of sp³-hybridized carbons (Fsp3) is 0.0659. The molecule has 29 nitrogen and oxygen atoms in total. The molecule has 24 heterocycles. The molecule has 0 amide bonds. The van der Waals surface area contributed by atoms with Crippen molar-refractivity contribution in [1.29, 1.82) is 0 Å². The molecule has 24 rings (SSSR count). The van der Waals surface area contributed by atoms with Gasteiger partial charge in [-0.2, -0.15) is 24.8 Å². The quantitative estimate of drug-likeness (QED) is 0.0497. The topological polar surface area (TPSA) is 401 Å². The van der Waals surface area contributed by atoms with Gasteiger partial charge in [-0.05, 0) is 160 Å². The van der Waals surface area contributed by atoms with Crippen LogP contribution in [0.1, 0.15) is 43.7 Å². The average molecular weight is 1710 g/mol. The fourth-order valence-corrected chi connectivity index (χ4v) is 18.3. The summed E-state index contributed by atoms with van der Waals surface area (Å²) < 4.78 is 13.6. The number of carbonyl (C=O) groups is 1. The van der Waals surface area contributed by atoms with Crippen LogP contribution in [-0.2, 0) is 0 Å². The molecule has 0 atom stereocenters. The molecule has 34 heteroatoms. The van der Waals surface area contributed by atoms with E-state index in [1.165, 1.54) is 22.3 Å². The normalized spacial score (nSPS) is 11.5. The minimum Gasteiger partial charge on any atom is -0.335 e. The number of hydrogen-bond acceptors (Lipinski definition) is 25. The largest absolute Gasteiger partial charge is 0.335 e. The Morgan fingerprint density at radius 2 is 0.648 bits per heavy atom. The highest BCUT2D eigenvalue weighted by atomic mass is 32.1. The van der Waals surface area contributed by atoms with E-state index in [9.17, 15) is 9.18 Å². The van der Waals surface area contributed by atoms with Crippen molar-refractivity contribution in [1.82, 2.24) is 140 Å². The number of aromatic amines is 8. The van der Waals surface area contributed by atoms with Gasteiger partial charge < -0.3 is 19.9 Å². The van der Waals surface area contributed by atoms with Gasteiger partial charge >= 0.3 is 0 Å². The molecule has 0 fully saturated rings. The molecule has 0 aliphatic rings. The molecule has 0 aliphatic carbocycles. The average Bonchev–Trinajstić information content (AvgIpc) is 1.63. The summed E-state index contributed by atoms with van der Waals surface area (Å²) >= 11 is 5.92. The maximum atomic E-state index is 13.6. The molecule has 0 saturated carbocycles. The Morgan fingerprint density at radius 3 is 0.944 bits per heavy atom. The third kappa shape index (κ3) is 14.4. The summed E-state index contributed by atoms with van der Waals surface area (Å²) in [6, 6.07) is 31.5. The van der Waals surface area contributed by atoms with Crippen molar-refractivity contribution in [2.45, 2.75) is 41.5 Å². The summed E-state index contributed by atoms with van der Waals surface area (Å²) in [7, 11) is 0. The Balaban J connectivity index is 0.000000102. The Hall–Kier alpha value is -16.0. The van der Waals surface area contributed by atoms with E-state index in [1.807, 2.05) is 112 Å². The molecular weight excluding hydrogens is 1650 g/mol. The summed E-state index contributed by atoms with van der Waals surface area (Å²) in [6.45, 7) is 11.9. The maximum Gasteiger partial charge on any atom is 0.181 e. The van der Waals surface area contributed by atoms with Gasteiger partial charge in [0.25, 0.3) is 0 Å². The number of nitrogens with one attached hydrogen (secondary N) is 8. The standard InChI is InChI=1S/C24H17N7OS.C23H17N7S.C22H14FN7S.C22H15N7S/c1-12-5-6-25-9-16(12)14-7-15-22(30-31-23(15)27-8-14)24-28-18-11-26-10-17(21(18)29-24)20-4-3-19(33-20)13(2)32;1-12-5-6-24-9-16(12)14-7-15-21(29-30-22(15)26-8-14)23-27-18-11-25-10-17(20(18)28-23)19-4-3-13(2)31-19;1-11-4-5-24-8-14(11)12-6-13-20(29-30-21(13)26-7-12)22-27-16-10-25-9-15(19(16)28-22)17-2-3-18(23)31-17;1-12-4-5-23-9-15(12)13-7-14-20(28-29-21(14)25-8-13)22-26-17-11-24-10-16(19(17)27-22)18-3-2-6-30-18/h3-11H,1-2H3,(H,28,29)(H,27,30,31);3-11H,1-2H3,(H,27,28)(H,26,29,30);2-10H,1H3,(H,27,28)(H,26,29,30);2-11H,1H3,(H,26,27)(H,25,28,29). The van der Waals surface area contributed by atoms with Crippen molar-refractivity contribution >= 4 is 139 Å². The van der Waals surface area contributed by atoms with Crippen LogP contribution in [0.2, 0.25) is 0 Å². The minimum absolute atomic E-state index is 0.0465. The lowest BCUT2D eigenvalue weighted by molar-refractivity contribution is 0.102. The zero-order valence-corrected chi connectivity index (χ0v) is 70.0. The molecule has 125 heavy (non-hydrogen) atoms. The van der Waals surface area contributed by atoms with Crippen molar-refractivity contribution in [3.8, 4) is 132 Å². The number of halogens is 1. The van der Waals surface area contributed by atoms with Crippen molar-refractivity contribution in [2.75, 3.05) is 0 Å². The first-order chi connectivity index (χ1) is 61.2. The van der Waals surface area contributed by atoms with Crippen LogP contribution >= 0.6 is 45.3 Å². The fourth-order valence-electron chi connectivity index (χ4n) is 15.0. The Bertz CT molecular complexity index is 8020. The number of H-pyrrole nitrogens is 8. The van der Waals surface area contributed by atoms with Gasteiger partial charge in [-0.3, -0.25) is 65.1 Å². The first-order valence-corrected chi connectivity index (χ1v) is 42.4. The van der Waals surface area contributed by atoms with Crippen molar-refractivity contribution < 1.29 is 9.18 Å². The van der Waals surface area contributed by atoms with E-state index in [-0.39, 0.29) is 10.9 Å². The van der Waals surface area contributed by atoms with E-state index in [2.05, 4.69) is 183 Å². The summed E-state index contributed by atoms with van der Waals surface area (Å²) in [5, 5.41) is 35.1. The van der Waals surface area contributed by atoms with Crippen molar-refractivity contribution in [3.05, 3.63) is 264 Å². The Kier molecular flexibility index (Phi) is 19.5. The zero-order chi connectivity index (χ0) is 84.5. The highest BCUT2D eigenvalue weighted by Gasteiger charge is 2.24. The number of rotatable bonds is 13. The first kappa shape index (κ1) is 76.4. The van der Waals surface area contributed by atoms with Gasteiger partial charge in [0, 0.05) is 190 Å². The number of thiophene rings is 4. The van der Waals surface area contributed by atoms with E-state index in [4.69, 9.17) is 19.9 Å². The zero-order valence-electron chi connectivity index (χ0n) is 66.7. The third-order valence-corrected chi connectivity index (χ3v) is 25.5. The van der Waals surface area contributed by atoms with Crippen molar-refractivity contribution in [2.24, 2.45) is 0 Å².